The van der Waals surface area contributed by atoms with Crippen molar-refractivity contribution in [3.05, 3.63) is 34.4 Å². The maximum Gasteiger partial charge on any atom is 0.200 e. The summed E-state index contributed by atoms with van der Waals surface area (Å²) in [4.78, 5) is 0. The second-order valence-electron chi connectivity index (χ2n) is 10.5. The summed E-state index contributed by atoms with van der Waals surface area (Å²) in [5.41, 5.74) is 4.79. The normalized spacial score (nSPS) is 18.6. The fourth-order valence-electron chi connectivity index (χ4n) is 4.76. The molecule has 0 saturated heterocycles. The highest BCUT2D eigenvalue weighted by Crippen LogP contribution is 2.49. The van der Waals surface area contributed by atoms with Gasteiger partial charge in [0.15, 0.2) is 0 Å². The SMILES string of the molecule is CCCCCCC(C)(C)c1cc(O)c2c(c1)OC(OCC(C)C)CC2C(CC)=C(C)C. The van der Waals surface area contributed by atoms with Crippen LogP contribution in [0.4, 0.5) is 0 Å². The smallest absolute Gasteiger partial charge is 0.200 e. The highest BCUT2D eigenvalue weighted by atomic mass is 16.7. The van der Waals surface area contributed by atoms with Gasteiger partial charge in [0.05, 0.1) is 6.61 Å². The van der Waals surface area contributed by atoms with Crippen LogP contribution < -0.4 is 4.74 Å². The van der Waals surface area contributed by atoms with Crippen LogP contribution in [-0.2, 0) is 10.2 Å². The molecule has 31 heavy (non-hydrogen) atoms. The molecule has 0 fully saturated rings. The van der Waals surface area contributed by atoms with Gasteiger partial charge in [-0.15, -0.1) is 0 Å². The van der Waals surface area contributed by atoms with Gasteiger partial charge in [-0.25, -0.2) is 0 Å². The Morgan fingerprint density at radius 3 is 2.45 bits per heavy atom. The fraction of sp³-hybridized carbons (Fsp3) is 0.714. The van der Waals surface area contributed by atoms with Gasteiger partial charge in [0, 0.05) is 17.9 Å². The minimum Gasteiger partial charge on any atom is -0.507 e. The second kappa shape index (κ2) is 11.4. The van der Waals surface area contributed by atoms with Crippen molar-refractivity contribution >= 4 is 0 Å². The summed E-state index contributed by atoms with van der Waals surface area (Å²) in [5, 5.41) is 11.2. The van der Waals surface area contributed by atoms with E-state index in [9.17, 15) is 5.11 Å². The van der Waals surface area contributed by atoms with E-state index in [0.717, 1.165) is 36.1 Å². The predicted molar refractivity (Wildman–Crippen MR) is 131 cm³/mol. The third-order valence-corrected chi connectivity index (χ3v) is 6.65. The highest BCUT2D eigenvalue weighted by molar-refractivity contribution is 5.54. The number of allylic oxidation sites excluding steroid dienone is 2. The van der Waals surface area contributed by atoms with Crippen molar-refractivity contribution in [2.75, 3.05) is 6.61 Å². The maximum atomic E-state index is 11.2. The van der Waals surface area contributed by atoms with Crippen LogP contribution in [0.15, 0.2) is 23.3 Å². The third-order valence-electron chi connectivity index (χ3n) is 6.65. The molecule has 0 radical (unpaired) electrons. The number of benzene rings is 1. The Hall–Kier alpha value is -1.48. The lowest BCUT2D eigenvalue weighted by atomic mass is 9.76. The lowest BCUT2D eigenvalue weighted by molar-refractivity contribution is -0.102. The van der Waals surface area contributed by atoms with Crippen molar-refractivity contribution in [3.63, 3.8) is 0 Å². The van der Waals surface area contributed by atoms with Crippen LogP contribution in [0, 0.1) is 5.92 Å². The third kappa shape index (κ3) is 6.75. The van der Waals surface area contributed by atoms with Gasteiger partial charge in [0.2, 0.25) is 6.29 Å². The summed E-state index contributed by atoms with van der Waals surface area (Å²) in [7, 11) is 0. The van der Waals surface area contributed by atoms with Crippen LogP contribution in [0.2, 0.25) is 0 Å². The predicted octanol–water partition coefficient (Wildman–Crippen LogP) is 8.25. The molecule has 0 aliphatic carbocycles. The zero-order chi connectivity index (χ0) is 23.2. The quantitative estimate of drug-likeness (QED) is 0.284. The zero-order valence-electron chi connectivity index (χ0n) is 21.3. The highest BCUT2D eigenvalue weighted by Gasteiger charge is 2.35. The van der Waals surface area contributed by atoms with Gasteiger partial charge in [-0.05, 0) is 55.7 Å². The molecule has 0 bridgehead atoms. The summed E-state index contributed by atoms with van der Waals surface area (Å²) in [6.45, 7) is 18.3. The molecular weight excluding hydrogens is 384 g/mol. The van der Waals surface area contributed by atoms with Gasteiger partial charge in [-0.2, -0.15) is 0 Å². The van der Waals surface area contributed by atoms with Crippen LogP contribution in [-0.4, -0.2) is 18.0 Å². The molecule has 2 atom stereocenters. The standard InChI is InChI=1S/C28H46O3/c1-9-11-12-13-14-28(7,8)21-15-24(29)27-23(22(10-2)20(5)6)17-26(30-18-19(3)4)31-25(27)16-21/h15-16,19,23,26,29H,9-14,17-18H2,1-8H3. The summed E-state index contributed by atoms with van der Waals surface area (Å²) in [6, 6.07) is 4.16. The van der Waals surface area contributed by atoms with E-state index in [0.29, 0.717) is 18.3 Å². The van der Waals surface area contributed by atoms with Crippen molar-refractivity contribution in [3.8, 4) is 11.5 Å². The molecule has 0 saturated carbocycles. The Labute approximate surface area is 191 Å². The zero-order valence-corrected chi connectivity index (χ0v) is 21.3. The van der Waals surface area contributed by atoms with Gasteiger partial charge >= 0.3 is 0 Å². The van der Waals surface area contributed by atoms with Gasteiger partial charge < -0.3 is 14.6 Å². The van der Waals surface area contributed by atoms with Crippen LogP contribution in [0.5, 0.6) is 11.5 Å². The summed E-state index contributed by atoms with van der Waals surface area (Å²) < 4.78 is 12.5. The molecule has 3 heteroatoms. The molecule has 1 aliphatic rings. The molecule has 1 aromatic rings. The molecule has 1 heterocycles. The molecular formula is C28H46O3. The van der Waals surface area contributed by atoms with E-state index < -0.39 is 0 Å². The van der Waals surface area contributed by atoms with Gasteiger partial charge in [0.25, 0.3) is 0 Å². The maximum absolute atomic E-state index is 11.2. The van der Waals surface area contributed by atoms with E-state index in [1.807, 2.05) is 6.07 Å². The van der Waals surface area contributed by atoms with Crippen LogP contribution in [0.25, 0.3) is 0 Å². The van der Waals surface area contributed by atoms with E-state index in [1.54, 1.807) is 0 Å². The van der Waals surface area contributed by atoms with Crippen molar-refractivity contribution in [2.45, 2.75) is 118 Å². The molecule has 1 aliphatic heterocycles. The lowest BCUT2D eigenvalue weighted by Gasteiger charge is -2.36. The van der Waals surface area contributed by atoms with E-state index in [-0.39, 0.29) is 17.6 Å². The van der Waals surface area contributed by atoms with E-state index in [2.05, 4.69) is 61.5 Å². The summed E-state index contributed by atoms with van der Waals surface area (Å²) >= 11 is 0. The number of fused-ring (bicyclic) bond motifs is 1. The number of rotatable bonds is 11. The van der Waals surface area contributed by atoms with Crippen LogP contribution >= 0.6 is 0 Å². The Morgan fingerprint density at radius 2 is 1.87 bits per heavy atom. The number of hydrogen-bond acceptors (Lipinski definition) is 3. The Balaban J connectivity index is 2.41. The number of hydrogen-bond donors (Lipinski definition) is 1. The number of phenols is 1. The minimum atomic E-state index is -0.275. The molecule has 176 valence electrons. The molecule has 1 N–H and O–H groups in total. The number of aromatic hydroxyl groups is 1. The van der Waals surface area contributed by atoms with Crippen molar-refractivity contribution in [2.24, 2.45) is 5.92 Å². The number of phenolic OH excluding ortho intramolecular Hbond substituents is 1. The molecule has 0 aromatic heterocycles. The van der Waals surface area contributed by atoms with E-state index in [1.165, 1.54) is 36.8 Å². The molecule has 0 amide bonds. The van der Waals surface area contributed by atoms with Gasteiger partial charge in [-0.1, -0.05) is 78.4 Å². The number of ether oxygens (including phenoxy) is 2. The first kappa shape index (κ1) is 25.8. The van der Waals surface area contributed by atoms with Crippen molar-refractivity contribution in [1.82, 2.24) is 0 Å². The molecule has 1 aromatic carbocycles. The molecule has 2 unspecified atom stereocenters. The van der Waals surface area contributed by atoms with Crippen LogP contribution in [0.3, 0.4) is 0 Å². The summed E-state index contributed by atoms with van der Waals surface area (Å²) in [5.74, 6) is 1.76. The Bertz CT molecular complexity index is 741. The van der Waals surface area contributed by atoms with Gasteiger partial charge in [0.1, 0.15) is 11.5 Å². The van der Waals surface area contributed by atoms with E-state index in [4.69, 9.17) is 9.47 Å². The van der Waals surface area contributed by atoms with Crippen molar-refractivity contribution < 1.29 is 14.6 Å². The lowest BCUT2D eigenvalue weighted by Crippen LogP contribution is -2.31. The monoisotopic (exact) mass is 430 g/mol. The number of unbranched alkanes of at least 4 members (excludes halogenated alkanes) is 3. The first-order chi connectivity index (χ1) is 14.6. The second-order valence-corrected chi connectivity index (χ2v) is 10.5. The van der Waals surface area contributed by atoms with E-state index >= 15 is 0 Å². The minimum absolute atomic E-state index is 0.00502. The fourth-order valence-corrected chi connectivity index (χ4v) is 4.76. The average Bonchev–Trinajstić information content (AvgIpc) is 2.69. The first-order valence-electron chi connectivity index (χ1n) is 12.4. The Kier molecular flexibility index (Phi) is 9.48. The Morgan fingerprint density at radius 1 is 1.16 bits per heavy atom. The average molecular weight is 431 g/mol. The largest absolute Gasteiger partial charge is 0.507 e. The molecule has 2 rings (SSSR count). The molecule has 3 nitrogen and oxygen atoms in total. The topological polar surface area (TPSA) is 38.7 Å². The first-order valence-corrected chi connectivity index (χ1v) is 12.4. The van der Waals surface area contributed by atoms with Crippen molar-refractivity contribution in [1.29, 1.82) is 0 Å². The molecule has 0 spiro atoms. The summed E-state index contributed by atoms with van der Waals surface area (Å²) in [6.07, 6.45) is 7.56. The van der Waals surface area contributed by atoms with Gasteiger partial charge in [-0.3, -0.25) is 0 Å². The van der Waals surface area contributed by atoms with Crippen LogP contribution in [0.1, 0.15) is 117 Å².